The van der Waals surface area contributed by atoms with Gasteiger partial charge in [-0.3, -0.25) is 5.10 Å². The van der Waals surface area contributed by atoms with Crippen molar-refractivity contribution in [3.63, 3.8) is 0 Å². The second kappa shape index (κ2) is 4.80. The van der Waals surface area contributed by atoms with Crippen LogP contribution in [0, 0.1) is 6.92 Å². The number of nitrogens with one attached hydrogen (secondary N) is 1. The Labute approximate surface area is 127 Å². The summed E-state index contributed by atoms with van der Waals surface area (Å²) in [5.41, 5.74) is 4.30. The number of fused-ring (bicyclic) bond motifs is 1. The van der Waals surface area contributed by atoms with E-state index in [1.165, 1.54) is 0 Å². The van der Waals surface area contributed by atoms with E-state index in [0.29, 0.717) is 0 Å². The zero-order chi connectivity index (χ0) is 15.1. The Morgan fingerprint density at radius 2 is 1.91 bits per heavy atom. The van der Waals surface area contributed by atoms with E-state index in [1.807, 2.05) is 43.3 Å². The first kappa shape index (κ1) is 12.8. The number of aryl methyl sites for hydroxylation is 1. The van der Waals surface area contributed by atoms with Crippen LogP contribution in [-0.4, -0.2) is 22.1 Å². The molecule has 0 spiro atoms. The average Bonchev–Trinajstić information content (AvgIpc) is 3.17. The summed E-state index contributed by atoms with van der Waals surface area (Å²) in [6.07, 6.45) is 0. The van der Waals surface area contributed by atoms with Crippen LogP contribution in [-0.2, 0) is 0 Å². The number of hydrogen-bond acceptors (Lipinski definition) is 4. The Kier molecular flexibility index (Phi) is 2.79. The van der Waals surface area contributed by atoms with Crippen molar-refractivity contribution in [2.45, 2.75) is 6.92 Å². The number of benzene rings is 2. The number of rotatable bonds is 2. The number of hydrogen-bond donors (Lipinski definition) is 2. The van der Waals surface area contributed by atoms with Crippen molar-refractivity contribution < 1.29 is 14.6 Å². The molecule has 0 bridgehead atoms. The van der Waals surface area contributed by atoms with Crippen LogP contribution in [0.25, 0.3) is 22.5 Å². The lowest BCUT2D eigenvalue weighted by molar-refractivity contribution is 0.174. The van der Waals surface area contributed by atoms with Crippen LogP contribution < -0.4 is 9.47 Å². The monoisotopic (exact) mass is 294 g/mol. The van der Waals surface area contributed by atoms with Crippen LogP contribution in [0.15, 0.2) is 42.5 Å². The molecule has 110 valence electrons. The molecule has 0 saturated carbocycles. The van der Waals surface area contributed by atoms with Gasteiger partial charge in [-0.1, -0.05) is 11.6 Å². The van der Waals surface area contributed by atoms with E-state index in [0.717, 1.165) is 39.6 Å². The van der Waals surface area contributed by atoms with E-state index >= 15 is 0 Å². The molecule has 0 saturated heterocycles. The first-order valence-electron chi connectivity index (χ1n) is 6.96. The van der Waals surface area contributed by atoms with Gasteiger partial charge in [0.25, 0.3) is 0 Å². The number of aromatic nitrogens is 2. The van der Waals surface area contributed by atoms with Crippen molar-refractivity contribution in [2.75, 3.05) is 6.79 Å². The van der Waals surface area contributed by atoms with Gasteiger partial charge in [-0.05, 0) is 43.3 Å². The third-order valence-corrected chi connectivity index (χ3v) is 3.69. The Morgan fingerprint density at radius 3 is 2.82 bits per heavy atom. The van der Waals surface area contributed by atoms with Crippen LogP contribution in [0.4, 0.5) is 0 Å². The Bertz CT molecular complexity index is 855. The molecule has 5 heteroatoms. The molecular weight excluding hydrogens is 280 g/mol. The molecule has 0 atom stereocenters. The molecule has 0 unspecified atom stereocenters. The van der Waals surface area contributed by atoms with Gasteiger partial charge in [0.2, 0.25) is 6.79 Å². The number of aromatic hydroxyl groups is 1. The van der Waals surface area contributed by atoms with E-state index < -0.39 is 0 Å². The van der Waals surface area contributed by atoms with Crippen LogP contribution in [0.1, 0.15) is 5.56 Å². The molecule has 2 N–H and O–H groups in total. The Morgan fingerprint density at radius 1 is 1.05 bits per heavy atom. The minimum Gasteiger partial charge on any atom is -0.507 e. The summed E-state index contributed by atoms with van der Waals surface area (Å²) in [5, 5.41) is 17.3. The van der Waals surface area contributed by atoms with Crippen molar-refractivity contribution in [1.29, 1.82) is 0 Å². The molecule has 2 heterocycles. The number of nitrogens with zero attached hydrogens (tertiary/aromatic N) is 1. The van der Waals surface area contributed by atoms with Gasteiger partial charge < -0.3 is 14.6 Å². The minimum atomic E-state index is 0.228. The van der Waals surface area contributed by atoms with Gasteiger partial charge in [-0.2, -0.15) is 5.10 Å². The summed E-state index contributed by atoms with van der Waals surface area (Å²) in [5.74, 6) is 1.70. The molecule has 0 aliphatic carbocycles. The highest BCUT2D eigenvalue weighted by Gasteiger charge is 2.16. The molecule has 1 aliphatic rings. The lowest BCUT2D eigenvalue weighted by atomic mass is 10.1. The first-order valence-corrected chi connectivity index (χ1v) is 6.96. The summed E-state index contributed by atoms with van der Waals surface area (Å²) in [6, 6.07) is 13.1. The van der Waals surface area contributed by atoms with E-state index in [2.05, 4.69) is 10.2 Å². The van der Waals surface area contributed by atoms with Crippen LogP contribution in [0.3, 0.4) is 0 Å². The predicted octanol–water partition coefficient (Wildman–Crippen LogP) is 3.49. The molecule has 0 radical (unpaired) electrons. The SMILES string of the molecule is Cc1ccc(O)c(-c2cc(-c3ccc4c(c3)OCO4)n[nH]2)c1. The summed E-state index contributed by atoms with van der Waals surface area (Å²) in [4.78, 5) is 0. The molecule has 2 aromatic carbocycles. The van der Waals surface area contributed by atoms with E-state index in [4.69, 9.17) is 9.47 Å². The fourth-order valence-corrected chi connectivity index (χ4v) is 2.53. The average molecular weight is 294 g/mol. The fraction of sp³-hybridized carbons (Fsp3) is 0.118. The second-order valence-electron chi connectivity index (χ2n) is 5.26. The number of ether oxygens (including phenoxy) is 2. The van der Waals surface area contributed by atoms with Gasteiger partial charge in [0, 0.05) is 11.1 Å². The maximum atomic E-state index is 10.0. The van der Waals surface area contributed by atoms with Crippen molar-refractivity contribution >= 4 is 0 Å². The molecule has 22 heavy (non-hydrogen) atoms. The van der Waals surface area contributed by atoms with Crippen molar-refractivity contribution in [2.24, 2.45) is 0 Å². The molecule has 0 fully saturated rings. The Hall–Kier alpha value is -2.95. The molecule has 3 aromatic rings. The molecule has 0 amide bonds. The van der Waals surface area contributed by atoms with Crippen LogP contribution in [0.2, 0.25) is 0 Å². The smallest absolute Gasteiger partial charge is 0.231 e. The van der Waals surface area contributed by atoms with Crippen LogP contribution >= 0.6 is 0 Å². The number of phenols is 1. The lowest BCUT2D eigenvalue weighted by Gasteiger charge is -2.02. The number of aromatic amines is 1. The highest BCUT2D eigenvalue weighted by molar-refractivity contribution is 5.73. The summed E-state index contributed by atoms with van der Waals surface area (Å²) in [7, 11) is 0. The van der Waals surface area contributed by atoms with Gasteiger partial charge in [-0.15, -0.1) is 0 Å². The minimum absolute atomic E-state index is 0.228. The maximum absolute atomic E-state index is 10.0. The topological polar surface area (TPSA) is 67.4 Å². The summed E-state index contributed by atoms with van der Waals surface area (Å²) < 4.78 is 10.7. The number of phenolic OH excluding ortho intramolecular Hbond substituents is 1. The van der Waals surface area contributed by atoms with Gasteiger partial charge in [0.1, 0.15) is 5.75 Å². The van der Waals surface area contributed by atoms with Gasteiger partial charge in [0.05, 0.1) is 11.4 Å². The summed E-state index contributed by atoms with van der Waals surface area (Å²) in [6.45, 7) is 2.24. The number of H-pyrrole nitrogens is 1. The molecular formula is C17H14N2O3. The second-order valence-corrected chi connectivity index (χ2v) is 5.26. The molecule has 1 aromatic heterocycles. The maximum Gasteiger partial charge on any atom is 0.231 e. The van der Waals surface area contributed by atoms with Crippen molar-refractivity contribution in [1.82, 2.24) is 10.2 Å². The zero-order valence-electron chi connectivity index (χ0n) is 12.0. The predicted molar refractivity (Wildman–Crippen MR) is 82.0 cm³/mol. The normalized spacial score (nSPS) is 12.6. The third kappa shape index (κ3) is 2.07. The molecule has 4 rings (SSSR count). The van der Waals surface area contributed by atoms with Gasteiger partial charge >= 0.3 is 0 Å². The highest BCUT2D eigenvalue weighted by atomic mass is 16.7. The Balaban J connectivity index is 1.74. The zero-order valence-corrected chi connectivity index (χ0v) is 12.0. The first-order chi connectivity index (χ1) is 10.7. The van der Waals surface area contributed by atoms with Crippen molar-refractivity contribution in [3.8, 4) is 39.8 Å². The standard InChI is InChI=1S/C17H14N2O3/c1-10-2-4-15(20)12(6-10)14-8-13(18-19-14)11-3-5-16-17(7-11)22-9-21-16/h2-8,20H,9H2,1H3,(H,18,19). The molecule has 5 nitrogen and oxygen atoms in total. The van der Waals surface area contributed by atoms with E-state index in [1.54, 1.807) is 6.07 Å². The third-order valence-electron chi connectivity index (χ3n) is 3.69. The fourth-order valence-electron chi connectivity index (χ4n) is 2.53. The van der Waals surface area contributed by atoms with Crippen LogP contribution in [0.5, 0.6) is 17.2 Å². The molecule has 1 aliphatic heterocycles. The largest absolute Gasteiger partial charge is 0.507 e. The van der Waals surface area contributed by atoms with Gasteiger partial charge in [0.15, 0.2) is 11.5 Å². The lowest BCUT2D eigenvalue weighted by Crippen LogP contribution is -1.92. The van der Waals surface area contributed by atoms with E-state index in [9.17, 15) is 5.11 Å². The quantitative estimate of drug-likeness (QED) is 0.759. The van der Waals surface area contributed by atoms with Gasteiger partial charge in [-0.25, -0.2) is 0 Å². The summed E-state index contributed by atoms with van der Waals surface area (Å²) >= 11 is 0. The van der Waals surface area contributed by atoms with Crippen molar-refractivity contribution in [3.05, 3.63) is 48.0 Å². The highest BCUT2D eigenvalue weighted by Crippen LogP contribution is 2.36. The van der Waals surface area contributed by atoms with E-state index in [-0.39, 0.29) is 12.5 Å².